The molecule has 3 nitrogen and oxygen atoms in total. The Hall–Kier alpha value is -2.07. The molecule has 1 atom stereocenters. The fourth-order valence-electron chi connectivity index (χ4n) is 2.08. The van der Waals surface area contributed by atoms with E-state index >= 15 is 0 Å². The van der Waals surface area contributed by atoms with Crippen molar-refractivity contribution in [1.82, 2.24) is 0 Å². The molecule has 1 N–H and O–H groups in total. The van der Waals surface area contributed by atoms with Gasteiger partial charge >= 0.3 is 5.97 Å². The van der Waals surface area contributed by atoms with Gasteiger partial charge in [-0.2, -0.15) is 0 Å². The highest BCUT2D eigenvalue weighted by atomic mass is 35.5. The molecule has 5 heteroatoms. The molecule has 2 aromatic carbocycles. The molecule has 2 rings (SSSR count). The average Bonchev–Trinajstić information content (AvgIpc) is 2.46. The number of carbonyl (C=O) groups excluding carboxylic acids is 1. The molecule has 2 aromatic rings. The van der Waals surface area contributed by atoms with Crippen LogP contribution in [-0.4, -0.2) is 13.1 Å². The molecule has 0 aromatic heterocycles. The van der Waals surface area contributed by atoms with Crippen molar-refractivity contribution in [2.45, 2.75) is 12.5 Å². The van der Waals surface area contributed by atoms with Crippen molar-refractivity contribution in [3.63, 3.8) is 0 Å². The highest BCUT2D eigenvalue weighted by molar-refractivity contribution is 6.30. The molecule has 0 bridgehead atoms. The Morgan fingerprint density at radius 1 is 1.24 bits per heavy atom. The van der Waals surface area contributed by atoms with Crippen LogP contribution < -0.4 is 5.32 Å². The smallest absolute Gasteiger partial charge is 0.335 e. The normalized spacial score (nSPS) is 13.3. The van der Waals surface area contributed by atoms with Crippen molar-refractivity contribution < 1.29 is 13.9 Å². The summed E-state index contributed by atoms with van der Waals surface area (Å²) in [5, 5.41) is 3.65. The largest absolute Gasteiger partial charge is 0.467 e. The third-order valence-corrected chi connectivity index (χ3v) is 3.47. The predicted octanol–water partition coefficient (Wildman–Crippen LogP) is 3.98. The van der Waals surface area contributed by atoms with Gasteiger partial charge in [-0.05, 0) is 42.8 Å². The van der Waals surface area contributed by atoms with Crippen molar-refractivity contribution in [1.29, 1.82) is 0 Å². The number of anilines is 1. The van der Waals surface area contributed by atoms with E-state index in [9.17, 15) is 9.18 Å². The molecular weight excluding hydrogens is 293 g/mol. The molecule has 0 aliphatic carbocycles. The van der Waals surface area contributed by atoms with Crippen LogP contribution in [0.3, 0.4) is 0 Å². The summed E-state index contributed by atoms with van der Waals surface area (Å²) < 4.78 is 18.0. The van der Waals surface area contributed by atoms with Crippen molar-refractivity contribution >= 4 is 23.3 Å². The second-order valence-corrected chi connectivity index (χ2v) is 5.20. The lowest BCUT2D eigenvalue weighted by Gasteiger charge is -2.29. The highest BCUT2D eigenvalue weighted by Crippen LogP contribution is 2.29. The van der Waals surface area contributed by atoms with Gasteiger partial charge in [0.25, 0.3) is 0 Å². The summed E-state index contributed by atoms with van der Waals surface area (Å²) >= 11 is 5.95. The van der Waals surface area contributed by atoms with Crippen molar-refractivity contribution in [2.75, 3.05) is 12.4 Å². The molecule has 21 heavy (non-hydrogen) atoms. The van der Waals surface area contributed by atoms with Gasteiger partial charge in [-0.1, -0.05) is 29.8 Å². The van der Waals surface area contributed by atoms with Crippen LogP contribution in [0.1, 0.15) is 12.5 Å². The van der Waals surface area contributed by atoms with Crippen molar-refractivity contribution in [3.8, 4) is 0 Å². The van der Waals surface area contributed by atoms with E-state index in [0.717, 1.165) is 0 Å². The van der Waals surface area contributed by atoms with Gasteiger partial charge in [-0.15, -0.1) is 0 Å². The molecule has 0 radical (unpaired) electrons. The van der Waals surface area contributed by atoms with Crippen LogP contribution in [0.15, 0.2) is 48.5 Å². The van der Waals surface area contributed by atoms with Gasteiger partial charge in [-0.3, -0.25) is 0 Å². The SMILES string of the molecule is COC(=O)C(C)(Nc1cccc(Cl)c1)c1ccc(F)cc1. The highest BCUT2D eigenvalue weighted by Gasteiger charge is 2.36. The summed E-state index contributed by atoms with van der Waals surface area (Å²) in [7, 11) is 1.31. The maximum absolute atomic E-state index is 13.1. The summed E-state index contributed by atoms with van der Waals surface area (Å²) in [5.74, 6) is -0.845. The van der Waals surface area contributed by atoms with Gasteiger partial charge in [-0.25, -0.2) is 9.18 Å². The number of rotatable bonds is 4. The Labute approximate surface area is 127 Å². The molecule has 0 aliphatic heterocycles. The molecule has 110 valence electrons. The zero-order valence-corrected chi connectivity index (χ0v) is 12.4. The van der Waals surface area contributed by atoms with E-state index in [0.29, 0.717) is 16.3 Å². The van der Waals surface area contributed by atoms with Crippen LogP contribution in [0.25, 0.3) is 0 Å². The standard InChI is InChI=1S/C16H15ClFNO2/c1-16(15(20)21-2,11-6-8-13(18)9-7-11)19-14-5-3-4-12(17)10-14/h3-10,19H,1-2H3. The molecule has 0 amide bonds. The first-order valence-electron chi connectivity index (χ1n) is 6.34. The fourth-order valence-corrected chi connectivity index (χ4v) is 2.27. The third kappa shape index (κ3) is 3.34. The molecular formula is C16H15ClFNO2. The second-order valence-electron chi connectivity index (χ2n) is 4.76. The lowest BCUT2D eigenvalue weighted by Crippen LogP contribution is -2.41. The van der Waals surface area contributed by atoms with Crippen molar-refractivity contribution in [2.24, 2.45) is 0 Å². The number of hydrogen-bond donors (Lipinski definition) is 1. The molecule has 1 unspecified atom stereocenters. The maximum Gasteiger partial charge on any atom is 0.335 e. The molecule has 0 aliphatic rings. The minimum atomic E-state index is -1.15. The van der Waals surface area contributed by atoms with Crippen LogP contribution in [0.5, 0.6) is 0 Å². The number of ether oxygens (including phenoxy) is 1. The Kier molecular flexibility index (Phi) is 4.48. The van der Waals surface area contributed by atoms with Gasteiger partial charge in [0.2, 0.25) is 0 Å². The number of hydrogen-bond acceptors (Lipinski definition) is 3. The third-order valence-electron chi connectivity index (χ3n) is 3.23. The molecule has 0 fully saturated rings. The Morgan fingerprint density at radius 3 is 2.48 bits per heavy atom. The number of nitrogens with one attached hydrogen (secondary N) is 1. The number of benzene rings is 2. The van der Waals surface area contributed by atoms with Gasteiger partial charge in [0, 0.05) is 10.7 Å². The summed E-state index contributed by atoms with van der Waals surface area (Å²) in [5.41, 5.74) is 0.114. The molecule has 0 heterocycles. The Bertz CT molecular complexity index is 645. The van der Waals surface area contributed by atoms with E-state index in [4.69, 9.17) is 16.3 Å². The van der Waals surface area contributed by atoms with E-state index < -0.39 is 11.5 Å². The van der Waals surface area contributed by atoms with Crippen LogP contribution in [0, 0.1) is 5.82 Å². The first-order chi connectivity index (χ1) is 9.95. The van der Waals surface area contributed by atoms with Gasteiger partial charge < -0.3 is 10.1 Å². The molecule has 0 saturated carbocycles. The fraction of sp³-hybridized carbons (Fsp3) is 0.188. The zero-order chi connectivity index (χ0) is 15.5. The topological polar surface area (TPSA) is 38.3 Å². The summed E-state index contributed by atoms with van der Waals surface area (Å²) in [4.78, 5) is 12.2. The zero-order valence-electron chi connectivity index (χ0n) is 11.7. The number of esters is 1. The minimum absolute atomic E-state index is 0.367. The monoisotopic (exact) mass is 307 g/mol. The number of halogens is 2. The van der Waals surface area contributed by atoms with Crippen LogP contribution in [0.4, 0.5) is 10.1 Å². The van der Waals surface area contributed by atoms with E-state index in [1.54, 1.807) is 43.3 Å². The second kappa shape index (κ2) is 6.14. The van der Waals surface area contributed by atoms with Crippen molar-refractivity contribution in [3.05, 3.63) is 64.9 Å². The summed E-state index contributed by atoms with van der Waals surface area (Å²) in [6.07, 6.45) is 0. The summed E-state index contributed by atoms with van der Waals surface area (Å²) in [6, 6.07) is 12.7. The lowest BCUT2D eigenvalue weighted by molar-refractivity contribution is -0.145. The summed E-state index contributed by atoms with van der Waals surface area (Å²) in [6.45, 7) is 1.67. The maximum atomic E-state index is 13.1. The van der Waals surface area contributed by atoms with Crippen LogP contribution in [-0.2, 0) is 15.1 Å². The van der Waals surface area contributed by atoms with Gasteiger partial charge in [0.1, 0.15) is 5.82 Å². The number of carbonyl (C=O) groups is 1. The van der Waals surface area contributed by atoms with E-state index in [1.165, 1.54) is 19.2 Å². The minimum Gasteiger partial charge on any atom is -0.467 e. The quantitative estimate of drug-likeness (QED) is 0.868. The molecule has 0 spiro atoms. The number of methoxy groups -OCH3 is 1. The van der Waals surface area contributed by atoms with E-state index in [2.05, 4.69) is 5.32 Å². The molecule has 0 saturated heterocycles. The first kappa shape index (κ1) is 15.3. The van der Waals surface area contributed by atoms with Crippen LogP contribution >= 0.6 is 11.6 Å². The Balaban J connectivity index is 2.42. The van der Waals surface area contributed by atoms with E-state index in [1.807, 2.05) is 0 Å². The lowest BCUT2D eigenvalue weighted by atomic mass is 9.91. The average molecular weight is 308 g/mol. The van der Waals surface area contributed by atoms with Gasteiger partial charge in [0.15, 0.2) is 5.54 Å². The van der Waals surface area contributed by atoms with E-state index in [-0.39, 0.29) is 5.82 Å². The van der Waals surface area contributed by atoms with Crippen LogP contribution in [0.2, 0.25) is 5.02 Å². The first-order valence-corrected chi connectivity index (χ1v) is 6.72. The Morgan fingerprint density at radius 2 is 1.90 bits per heavy atom. The van der Waals surface area contributed by atoms with Gasteiger partial charge in [0.05, 0.1) is 7.11 Å². The predicted molar refractivity (Wildman–Crippen MR) is 80.8 cm³/mol.